The van der Waals surface area contributed by atoms with E-state index in [1.165, 1.54) is 0 Å². The molecule has 0 atom stereocenters. The summed E-state index contributed by atoms with van der Waals surface area (Å²) in [5, 5.41) is 8.60. The Bertz CT molecular complexity index is 861. The minimum absolute atomic E-state index is 0.0193. The Labute approximate surface area is 371 Å². The van der Waals surface area contributed by atoms with Crippen molar-refractivity contribution in [2.75, 3.05) is 238 Å². The molecule has 0 bridgehead atoms. The second-order valence-electron chi connectivity index (χ2n) is 13.5. The predicted octanol–water partition coefficient (Wildman–Crippen LogP) is 1.24. The van der Waals surface area contributed by atoms with Crippen LogP contribution in [0.5, 0.6) is 0 Å². The molecule has 0 aliphatic carbocycles. The van der Waals surface area contributed by atoms with Crippen LogP contribution in [-0.4, -0.2) is 249 Å². The number of hydrogen-bond acceptors (Lipinski definition) is 20. The fraction of sp³-hybridized carbons (Fsp3) is 0.976. The van der Waals surface area contributed by atoms with E-state index in [1.54, 1.807) is 0 Å². The van der Waals surface area contributed by atoms with Gasteiger partial charge in [0.05, 0.1) is 237 Å². The van der Waals surface area contributed by atoms with Gasteiger partial charge in [-0.1, -0.05) is 6.92 Å². The number of aliphatic hydroxyl groups is 1. The lowest BCUT2D eigenvalue weighted by atomic mass is 9.91. The molecule has 1 N–H and O–H groups in total. The van der Waals surface area contributed by atoms with Crippen LogP contribution in [0.15, 0.2) is 0 Å². The van der Waals surface area contributed by atoms with Gasteiger partial charge < -0.3 is 90.4 Å². The summed E-state index contributed by atoms with van der Waals surface area (Å²) < 4.78 is 97.8. The van der Waals surface area contributed by atoms with Gasteiger partial charge in [0.1, 0.15) is 6.61 Å². The lowest BCUT2D eigenvalue weighted by Gasteiger charge is -2.20. The van der Waals surface area contributed by atoms with Gasteiger partial charge in [0.2, 0.25) is 0 Å². The van der Waals surface area contributed by atoms with E-state index in [-0.39, 0.29) is 19.2 Å². The van der Waals surface area contributed by atoms with E-state index in [4.69, 9.17) is 90.4 Å². The van der Waals surface area contributed by atoms with E-state index in [9.17, 15) is 4.79 Å². The fourth-order valence-electron chi connectivity index (χ4n) is 4.22. The van der Waals surface area contributed by atoms with Crippen molar-refractivity contribution in [3.8, 4) is 0 Å². The normalized spacial score (nSPS) is 11.9. The third-order valence-corrected chi connectivity index (χ3v) is 8.09. The number of hydrogen-bond donors (Lipinski definition) is 1. The van der Waals surface area contributed by atoms with Crippen molar-refractivity contribution in [3.63, 3.8) is 0 Å². The van der Waals surface area contributed by atoms with Crippen molar-refractivity contribution in [3.05, 3.63) is 0 Å². The molecule has 0 unspecified atom stereocenters. The monoisotopic (exact) mass is 909 g/mol. The maximum absolute atomic E-state index is 11.9. The average Bonchev–Trinajstić information content (AvgIpc) is 3.27. The van der Waals surface area contributed by atoms with E-state index in [0.29, 0.717) is 225 Å². The molecule has 20 heteroatoms. The van der Waals surface area contributed by atoms with Gasteiger partial charge in [0, 0.05) is 0 Å². The molecule has 372 valence electrons. The van der Waals surface area contributed by atoms with Crippen LogP contribution >= 0.6 is 0 Å². The van der Waals surface area contributed by atoms with Gasteiger partial charge in [-0.05, 0) is 20.3 Å². The van der Waals surface area contributed by atoms with E-state index in [1.807, 2.05) is 20.8 Å². The smallest absolute Gasteiger partial charge is 0.311 e. The second kappa shape index (κ2) is 52.4. The predicted molar refractivity (Wildman–Crippen MR) is 226 cm³/mol. The number of carbonyl (C=O) groups excluding carboxylic acids is 1. The molecular weight excluding hydrogens is 824 g/mol. The number of ether oxygens (including phenoxy) is 18. The van der Waals surface area contributed by atoms with E-state index in [0.717, 1.165) is 6.42 Å². The molecule has 0 amide bonds. The summed E-state index contributed by atoms with van der Waals surface area (Å²) in [6, 6.07) is 0. The molecule has 0 aromatic heterocycles. The van der Waals surface area contributed by atoms with Gasteiger partial charge in [0.25, 0.3) is 0 Å². The van der Waals surface area contributed by atoms with Gasteiger partial charge >= 0.3 is 5.97 Å². The fourth-order valence-corrected chi connectivity index (χ4v) is 4.22. The Kier molecular flexibility index (Phi) is 51.3. The van der Waals surface area contributed by atoms with E-state index in [2.05, 4.69) is 0 Å². The lowest BCUT2D eigenvalue weighted by molar-refractivity contribution is -0.155. The number of esters is 1. The van der Waals surface area contributed by atoms with Crippen molar-refractivity contribution < 1.29 is 95.2 Å². The molecule has 0 fully saturated rings. The van der Waals surface area contributed by atoms with Crippen molar-refractivity contribution in [2.24, 2.45) is 5.41 Å². The summed E-state index contributed by atoms with van der Waals surface area (Å²) in [5.74, 6) is -0.204. The molecule has 0 aliphatic heterocycles. The SMILES string of the molecule is CCC(C)(C)C(=O)OCCOCCOCCOCCOCCOCCOCCOCCOCCOCCOCCOCCOCCOCCOCCOCCOCCOCCO. The van der Waals surface area contributed by atoms with Gasteiger partial charge in [-0.2, -0.15) is 0 Å². The zero-order valence-electron chi connectivity index (χ0n) is 38.4. The number of aliphatic hydroxyl groups excluding tert-OH is 1. The Balaban J connectivity index is 3.10. The van der Waals surface area contributed by atoms with Crippen LogP contribution in [0.1, 0.15) is 27.2 Å². The Morgan fingerprint density at radius 1 is 0.290 bits per heavy atom. The molecule has 0 heterocycles. The number of carbonyl (C=O) groups is 1. The topological polar surface area (TPSA) is 203 Å². The summed E-state index contributed by atoms with van der Waals surface area (Å²) in [4.78, 5) is 11.9. The van der Waals surface area contributed by atoms with Crippen LogP contribution in [0, 0.1) is 5.41 Å². The zero-order valence-corrected chi connectivity index (χ0v) is 38.4. The van der Waals surface area contributed by atoms with Crippen LogP contribution in [0.25, 0.3) is 0 Å². The zero-order chi connectivity index (χ0) is 45.0. The molecular formula is C42H84O20. The minimum Gasteiger partial charge on any atom is -0.463 e. The Morgan fingerprint density at radius 3 is 0.581 bits per heavy atom. The standard InChI is InChI=1S/C42H84O20/c1-4-42(2,3)41(44)62-40-39-61-38-37-60-36-35-59-34-33-58-32-31-57-30-29-56-28-27-55-26-25-54-24-23-53-22-21-52-20-19-51-18-17-50-16-15-49-14-13-48-12-11-47-10-9-46-8-7-45-6-5-43/h43H,4-40H2,1-3H3. The summed E-state index contributed by atoms with van der Waals surface area (Å²) in [5.41, 5.74) is -0.463. The molecule has 20 nitrogen and oxygen atoms in total. The van der Waals surface area contributed by atoms with Crippen molar-refractivity contribution in [1.29, 1.82) is 0 Å². The summed E-state index contributed by atoms with van der Waals surface area (Å²) in [6.07, 6.45) is 0.731. The molecule has 0 aromatic carbocycles. The maximum atomic E-state index is 11.9. The summed E-state index contributed by atoms with van der Waals surface area (Å²) in [6.45, 7) is 22.1. The highest BCUT2D eigenvalue weighted by Crippen LogP contribution is 2.21. The first-order valence-corrected chi connectivity index (χ1v) is 22.1. The minimum atomic E-state index is -0.463. The van der Waals surface area contributed by atoms with Crippen molar-refractivity contribution in [1.82, 2.24) is 0 Å². The van der Waals surface area contributed by atoms with Crippen molar-refractivity contribution in [2.45, 2.75) is 27.2 Å². The molecule has 0 rings (SSSR count). The first kappa shape index (κ1) is 60.8. The molecule has 0 aromatic rings. The van der Waals surface area contributed by atoms with Crippen LogP contribution in [0.4, 0.5) is 0 Å². The lowest BCUT2D eigenvalue weighted by Crippen LogP contribution is -2.27. The van der Waals surface area contributed by atoms with Crippen LogP contribution in [0.3, 0.4) is 0 Å². The average molecular weight is 909 g/mol. The van der Waals surface area contributed by atoms with Gasteiger partial charge in [-0.15, -0.1) is 0 Å². The molecule has 0 aliphatic rings. The third-order valence-electron chi connectivity index (χ3n) is 8.09. The summed E-state index contributed by atoms with van der Waals surface area (Å²) >= 11 is 0. The largest absolute Gasteiger partial charge is 0.463 e. The van der Waals surface area contributed by atoms with Crippen LogP contribution in [-0.2, 0) is 90.1 Å². The first-order chi connectivity index (χ1) is 30.5. The number of rotatable bonds is 55. The Hall–Kier alpha value is -1.25. The third kappa shape index (κ3) is 49.8. The van der Waals surface area contributed by atoms with Crippen LogP contribution < -0.4 is 0 Å². The van der Waals surface area contributed by atoms with Crippen LogP contribution in [0.2, 0.25) is 0 Å². The highest BCUT2D eigenvalue weighted by atomic mass is 16.6. The highest BCUT2D eigenvalue weighted by Gasteiger charge is 2.26. The van der Waals surface area contributed by atoms with Gasteiger partial charge in [-0.3, -0.25) is 4.79 Å². The maximum Gasteiger partial charge on any atom is 0.311 e. The molecule has 0 saturated carbocycles. The molecule has 0 spiro atoms. The van der Waals surface area contributed by atoms with Gasteiger partial charge in [0.15, 0.2) is 0 Å². The quantitative estimate of drug-likeness (QED) is 0.0674. The highest BCUT2D eigenvalue weighted by molar-refractivity contribution is 5.75. The van der Waals surface area contributed by atoms with Gasteiger partial charge in [-0.25, -0.2) is 0 Å². The summed E-state index contributed by atoms with van der Waals surface area (Å²) in [7, 11) is 0. The van der Waals surface area contributed by atoms with E-state index >= 15 is 0 Å². The molecule has 62 heavy (non-hydrogen) atoms. The second-order valence-corrected chi connectivity index (χ2v) is 13.5. The molecule has 0 radical (unpaired) electrons. The molecule has 0 saturated heterocycles. The first-order valence-electron chi connectivity index (χ1n) is 22.1. The Morgan fingerprint density at radius 2 is 0.435 bits per heavy atom. The van der Waals surface area contributed by atoms with Crippen molar-refractivity contribution >= 4 is 5.97 Å². The van der Waals surface area contributed by atoms with E-state index < -0.39 is 5.41 Å².